The van der Waals surface area contributed by atoms with Crippen LogP contribution in [-0.2, 0) is 4.43 Å². The van der Waals surface area contributed by atoms with Crippen LogP contribution in [0.1, 0.15) is 86.0 Å². The minimum atomic E-state index is -1.74. The third-order valence-electron chi connectivity index (χ3n) is 9.45. The molecule has 0 aromatic heterocycles. The molecule has 3 fully saturated rings. The van der Waals surface area contributed by atoms with Crippen LogP contribution in [0.3, 0.4) is 0 Å². The molecule has 1 N–H and O–H groups in total. The van der Waals surface area contributed by atoms with E-state index in [2.05, 4.69) is 66.4 Å². The third-order valence-corrected chi connectivity index (χ3v) is 14.0. The van der Waals surface area contributed by atoms with E-state index in [1.807, 2.05) is 0 Å². The molecule has 2 nitrogen and oxygen atoms in total. The van der Waals surface area contributed by atoms with E-state index in [0.717, 1.165) is 19.3 Å². The zero-order chi connectivity index (χ0) is 23.0. The number of rotatable bonds is 5. The second-order valence-electron chi connectivity index (χ2n) is 12.5. The van der Waals surface area contributed by atoms with Crippen molar-refractivity contribution in [2.45, 2.75) is 110 Å². The van der Waals surface area contributed by atoms with Gasteiger partial charge in [-0.15, -0.1) is 0 Å². The fraction of sp³-hybridized carbons (Fsp3) is 0.786. The molecule has 3 rings (SSSR count). The van der Waals surface area contributed by atoms with Gasteiger partial charge < -0.3 is 9.53 Å². The SMILES string of the molecule is C=C1CC[C@H](O[Si](C)(C)C(C)(C)C)C/C1=C/C=C1/CCC[C@]2(C)[C@@H]([C@H](C)CO)CC[C@@H]12. The van der Waals surface area contributed by atoms with Gasteiger partial charge in [-0.25, -0.2) is 0 Å². The van der Waals surface area contributed by atoms with E-state index in [9.17, 15) is 5.11 Å². The third kappa shape index (κ3) is 5.14. The number of aliphatic hydroxyl groups is 1. The maximum atomic E-state index is 9.78. The van der Waals surface area contributed by atoms with E-state index in [4.69, 9.17) is 4.43 Å². The van der Waals surface area contributed by atoms with Crippen LogP contribution in [0.2, 0.25) is 18.1 Å². The number of fused-ring (bicyclic) bond motifs is 1. The molecule has 0 radical (unpaired) electrons. The standard InChI is InChI=1S/C28H48O2Si/c1-20-11-14-24(30-31(7,8)27(3,4)5)18-23(20)13-12-22-10-9-17-28(6)25(21(2)19-29)15-16-26(22)28/h12-13,21,24-26,29H,1,9-11,14-19H2,2-8H3/b22-12-,23-13-/t21-,24+,25-,26+,28-/m1/s1. The Morgan fingerprint density at radius 1 is 1.19 bits per heavy atom. The van der Waals surface area contributed by atoms with E-state index in [1.54, 1.807) is 5.57 Å². The maximum Gasteiger partial charge on any atom is 0.192 e. The van der Waals surface area contributed by atoms with Gasteiger partial charge in [0.1, 0.15) is 0 Å². The summed E-state index contributed by atoms with van der Waals surface area (Å²) in [5, 5.41) is 10.0. The molecule has 0 aromatic carbocycles. The zero-order valence-corrected chi connectivity index (χ0v) is 22.4. The highest BCUT2D eigenvalue weighted by Gasteiger charge is 2.50. The van der Waals surface area contributed by atoms with E-state index < -0.39 is 8.32 Å². The highest BCUT2D eigenvalue weighted by atomic mass is 28.4. The van der Waals surface area contributed by atoms with Crippen LogP contribution in [0.25, 0.3) is 0 Å². The van der Waals surface area contributed by atoms with Crippen LogP contribution in [0, 0.1) is 23.2 Å². The van der Waals surface area contributed by atoms with Crippen molar-refractivity contribution in [3.63, 3.8) is 0 Å². The Bertz CT molecular complexity index is 726. The lowest BCUT2D eigenvalue weighted by molar-refractivity contribution is 0.0690. The van der Waals surface area contributed by atoms with Crippen molar-refractivity contribution in [1.29, 1.82) is 0 Å². The maximum absolute atomic E-state index is 9.78. The van der Waals surface area contributed by atoms with Crippen molar-refractivity contribution >= 4 is 8.32 Å². The zero-order valence-electron chi connectivity index (χ0n) is 21.4. The Labute approximate surface area is 193 Å². The molecule has 3 heteroatoms. The Balaban J connectivity index is 1.75. The first-order valence-corrected chi connectivity index (χ1v) is 15.7. The molecular formula is C28H48O2Si. The molecular weight excluding hydrogens is 396 g/mol. The summed E-state index contributed by atoms with van der Waals surface area (Å²) in [5.41, 5.74) is 4.73. The van der Waals surface area contributed by atoms with E-state index in [0.29, 0.717) is 35.9 Å². The van der Waals surface area contributed by atoms with Gasteiger partial charge in [0.25, 0.3) is 0 Å². The highest BCUT2D eigenvalue weighted by molar-refractivity contribution is 6.74. The van der Waals surface area contributed by atoms with Crippen LogP contribution in [0.4, 0.5) is 0 Å². The molecule has 0 heterocycles. The Kier molecular flexibility index (Phi) is 7.50. The van der Waals surface area contributed by atoms with Gasteiger partial charge in [-0.05, 0) is 98.2 Å². The number of hydrogen-bond donors (Lipinski definition) is 1. The highest BCUT2D eigenvalue weighted by Crippen LogP contribution is 2.59. The van der Waals surface area contributed by atoms with Gasteiger partial charge >= 0.3 is 0 Å². The molecule has 3 aliphatic rings. The lowest BCUT2D eigenvalue weighted by atomic mass is 9.61. The summed E-state index contributed by atoms with van der Waals surface area (Å²) in [5.74, 6) is 1.76. The molecule has 0 unspecified atom stereocenters. The van der Waals surface area contributed by atoms with Crippen molar-refractivity contribution in [1.82, 2.24) is 0 Å². The molecule has 5 atom stereocenters. The smallest absolute Gasteiger partial charge is 0.192 e. The van der Waals surface area contributed by atoms with Gasteiger partial charge in [0.15, 0.2) is 8.32 Å². The fourth-order valence-electron chi connectivity index (χ4n) is 6.42. The summed E-state index contributed by atoms with van der Waals surface area (Å²) in [6.45, 7) is 21.2. The van der Waals surface area contributed by atoms with Crippen molar-refractivity contribution in [3.05, 3.63) is 35.5 Å². The average Bonchev–Trinajstić information content (AvgIpc) is 3.04. The first kappa shape index (κ1) is 25.0. The summed E-state index contributed by atoms with van der Waals surface area (Å²) in [6.07, 6.45) is 14.8. The monoisotopic (exact) mass is 444 g/mol. The molecule has 3 aliphatic carbocycles. The van der Waals surface area contributed by atoms with Crippen LogP contribution in [0.5, 0.6) is 0 Å². The minimum Gasteiger partial charge on any atom is -0.414 e. The van der Waals surface area contributed by atoms with Gasteiger partial charge in [-0.3, -0.25) is 0 Å². The molecule has 3 saturated carbocycles. The summed E-state index contributed by atoms with van der Waals surface area (Å²) < 4.78 is 6.76. The lowest BCUT2D eigenvalue weighted by Gasteiger charge is -2.44. The van der Waals surface area contributed by atoms with Gasteiger partial charge in [0.2, 0.25) is 0 Å². The summed E-state index contributed by atoms with van der Waals surface area (Å²) in [4.78, 5) is 0. The summed E-state index contributed by atoms with van der Waals surface area (Å²) >= 11 is 0. The predicted octanol–water partition coefficient (Wildman–Crippen LogP) is 7.81. The van der Waals surface area contributed by atoms with Crippen LogP contribution < -0.4 is 0 Å². The normalized spacial score (nSPS) is 36.1. The van der Waals surface area contributed by atoms with Crippen LogP contribution in [0.15, 0.2) is 35.5 Å². The molecule has 0 amide bonds. The molecule has 0 bridgehead atoms. The molecule has 0 aliphatic heterocycles. The van der Waals surface area contributed by atoms with Crippen molar-refractivity contribution in [3.8, 4) is 0 Å². The summed E-state index contributed by atoms with van der Waals surface area (Å²) in [7, 11) is -1.74. The van der Waals surface area contributed by atoms with E-state index in [1.165, 1.54) is 43.3 Å². The number of hydrogen-bond acceptors (Lipinski definition) is 2. The first-order chi connectivity index (χ1) is 14.4. The van der Waals surface area contributed by atoms with Gasteiger partial charge in [-0.1, -0.05) is 64.5 Å². The minimum absolute atomic E-state index is 0.255. The molecule has 176 valence electrons. The molecule has 0 aromatic rings. The molecule has 0 spiro atoms. The van der Waals surface area contributed by atoms with E-state index >= 15 is 0 Å². The molecule has 31 heavy (non-hydrogen) atoms. The van der Waals surface area contributed by atoms with Crippen molar-refractivity contribution < 1.29 is 9.53 Å². The Hall–Kier alpha value is -0.643. The predicted molar refractivity (Wildman–Crippen MR) is 136 cm³/mol. The number of allylic oxidation sites excluding steroid dienone is 4. The Morgan fingerprint density at radius 3 is 2.55 bits per heavy atom. The van der Waals surface area contributed by atoms with Gasteiger partial charge in [0, 0.05) is 12.7 Å². The first-order valence-electron chi connectivity index (χ1n) is 12.8. The van der Waals surface area contributed by atoms with Gasteiger partial charge in [0.05, 0.1) is 0 Å². The second-order valence-corrected chi connectivity index (χ2v) is 17.3. The number of aliphatic hydroxyl groups excluding tert-OH is 1. The molecule has 0 saturated heterocycles. The van der Waals surface area contributed by atoms with Crippen LogP contribution >= 0.6 is 0 Å². The van der Waals surface area contributed by atoms with Gasteiger partial charge in [-0.2, -0.15) is 0 Å². The van der Waals surface area contributed by atoms with Crippen LogP contribution in [-0.4, -0.2) is 26.1 Å². The largest absolute Gasteiger partial charge is 0.414 e. The topological polar surface area (TPSA) is 29.5 Å². The average molecular weight is 445 g/mol. The second kappa shape index (κ2) is 9.31. The quantitative estimate of drug-likeness (QED) is 0.438. The summed E-state index contributed by atoms with van der Waals surface area (Å²) in [6, 6.07) is 0. The van der Waals surface area contributed by atoms with Crippen molar-refractivity contribution in [2.75, 3.05) is 6.61 Å². The fourth-order valence-corrected chi connectivity index (χ4v) is 7.80. The van der Waals surface area contributed by atoms with E-state index in [-0.39, 0.29) is 5.04 Å². The van der Waals surface area contributed by atoms with Crippen molar-refractivity contribution in [2.24, 2.45) is 23.2 Å². The lowest BCUT2D eigenvalue weighted by Crippen LogP contribution is -2.44. The Morgan fingerprint density at radius 2 is 1.90 bits per heavy atom.